The maximum absolute atomic E-state index is 12.5. The van der Waals surface area contributed by atoms with Gasteiger partial charge in [-0.2, -0.15) is 13.5 Å². The van der Waals surface area contributed by atoms with E-state index in [1.807, 2.05) is 39.0 Å². The molecular formula is C22H26N4O4S. The third-order valence-electron chi connectivity index (χ3n) is 4.36. The van der Waals surface area contributed by atoms with Gasteiger partial charge in [0.2, 0.25) is 5.91 Å². The van der Waals surface area contributed by atoms with Crippen LogP contribution < -0.4 is 10.1 Å². The van der Waals surface area contributed by atoms with Crippen molar-refractivity contribution in [1.29, 1.82) is 0 Å². The van der Waals surface area contributed by atoms with Gasteiger partial charge < -0.3 is 10.1 Å². The lowest BCUT2D eigenvalue weighted by Crippen LogP contribution is -2.42. The summed E-state index contributed by atoms with van der Waals surface area (Å²) in [5.41, 5.74) is 0.854. The zero-order valence-corrected chi connectivity index (χ0v) is 18.8. The van der Waals surface area contributed by atoms with E-state index in [1.165, 1.54) is 11.1 Å². The number of ether oxygens (including phenoxy) is 1. The Morgan fingerprint density at radius 2 is 1.94 bits per heavy atom. The summed E-state index contributed by atoms with van der Waals surface area (Å²) in [6.07, 6.45) is 1.70. The van der Waals surface area contributed by atoms with Gasteiger partial charge in [-0.3, -0.25) is 4.79 Å². The zero-order valence-electron chi connectivity index (χ0n) is 18.0. The van der Waals surface area contributed by atoms with Crippen LogP contribution in [-0.2, 0) is 14.8 Å². The Bertz CT molecular complexity index is 1130. The largest absolute Gasteiger partial charge is 0.497 e. The smallest absolute Gasteiger partial charge is 0.285 e. The molecule has 164 valence electrons. The number of amides is 1. The van der Waals surface area contributed by atoms with Crippen molar-refractivity contribution in [2.24, 2.45) is 9.50 Å². The van der Waals surface area contributed by atoms with Gasteiger partial charge in [0.05, 0.1) is 19.9 Å². The van der Waals surface area contributed by atoms with E-state index in [9.17, 15) is 13.2 Å². The molecule has 0 fully saturated rings. The van der Waals surface area contributed by atoms with E-state index < -0.39 is 10.0 Å². The fourth-order valence-corrected chi connectivity index (χ4v) is 4.25. The van der Waals surface area contributed by atoms with Gasteiger partial charge in [0.25, 0.3) is 10.0 Å². The van der Waals surface area contributed by atoms with Crippen molar-refractivity contribution in [1.82, 2.24) is 10.3 Å². The lowest BCUT2D eigenvalue weighted by atomic mass is 10.1. The molecule has 3 rings (SSSR count). The van der Waals surface area contributed by atoms with Crippen molar-refractivity contribution in [2.45, 2.75) is 37.6 Å². The van der Waals surface area contributed by atoms with Gasteiger partial charge in [-0.15, -0.1) is 4.40 Å². The molecule has 31 heavy (non-hydrogen) atoms. The fraction of sp³-hybridized carbons (Fsp3) is 0.318. The molecule has 1 N–H and O–H groups in total. The molecule has 1 aliphatic rings. The number of benzene rings is 2. The molecule has 1 heterocycles. The summed E-state index contributed by atoms with van der Waals surface area (Å²) in [5.74, 6) is 0.702. The number of hydrogen-bond acceptors (Lipinski definition) is 6. The Hall–Kier alpha value is -3.20. The first-order valence-corrected chi connectivity index (χ1v) is 11.2. The fourth-order valence-electron chi connectivity index (χ4n) is 3.04. The van der Waals surface area contributed by atoms with Crippen LogP contribution in [0.25, 0.3) is 0 Å². The number of rotatable bonds is 6. The summed E-state index contributed by atoms with van der Waals surface area (Å²) in [6.45, 7) is 5.85. The second-order valence-electron chi connectivity index (χ2n) is 8.08. The van der Waals surface area contributed by atoms with Crippen molar-refractivity contribution < 1.29 is 17.9 Å². The minimum atomic E-state index is -3.81. The van der Waals surface area contributed by atoms with Crippen LogP contribution in [0.2, 0.25) is 0 Å². The normalized spacial score (nSPS) is 14.8. The van der Waals surface area contributed by atoms with Gasteiger partial charge in [0.1, 0.15) is 10.6 Å². The van der Waals surface area contributed by atoms with Gasteiger partial charge in [0, 0.05) is 17.5 Å². The molecule has 0 bridgehead atoms. The molecule has 2 aromatic rings. The number of amidine groups is 1. The second-order valence-corrected chi connectivity index (χ2v) is 9.65. The first-order valence-electron chi connectivity index (χ1n) is 9.80. The highest BCUT2D eigenvalue weighted by Crippen LogP contribution is 2.27. The van der Waals surface area contributed by atoms with E-state index >= 15 is 0 Å². The molecule has 1 aliphatic heterocycles. The van der Waals surface area contributed by atoms with E-state index in [-0.39, 0.29) is 35.1 Å². The first kappa shape index (κ1) is 22.5. The second kappa shape index (κ2) is 8.89. The monoisotopic (exact) mass is 442 g/mol. The third-order valence-corrected chi connectivity index (χ3v) is 5.69. The standard InChI is InChI=1S/C22H26N4O4S/c1-22(2,3)24-20(27)12-13-26(23-15-16-8-7-9-17(14-16)30-4)21-18-10-5-6-11-19(18)31(28,29)25-21/h5-11,14-15H,12-13H2,1-4H3,(H,24,27). The SMILES string of the molecule is COc1cccc(C=NN(CCC(=O)NC(C)(C)C)C2=NS(=O)(=O)c3ccccc32)c1. The predicted octanol–water partition coefficient (Wildman–Crippen LogP) is 2.79. The van der Waals surface area contributed by atoms with Crippen molar-refractivity contribution in [2.75, 3.05) is 13.7 Å². The van der Waals surface area contributed by atoms with Gasteiger partial charge in [-0.1, -0.05) is 24.3 Å². The predicted molar refractivity (Wildman–Crippen MR) is 120 cm³/mol. The van der Waals surface area contributed by atoms with Crippen LogP contribution in [-0.4, -0.2) is 50.6 Å². The maximum atomic E-state index is 12.5. The summed E-state index contributed by atoms with van der Waals surface area (Å²) in [6, 6.07) is 13.9. The molecular weight excluding hydrogens is 416 g/mol. The van der Waals surface area contributed by atoms with Crippen LogP contribution in [0.3, 0.4) is 0 Å². The van der Waals surface area contributed by atoms with Crippen molar-refractivity contribution >= 4 is 28.0 Å². The molecule has 2 aromatic carbocycles. The number of carbonyl (C=O) groups is 1. The van der Waals surface area contributed by atoms with Crippen LogP contribution in [0.1, 0.15) is 38.3 Å². The molecule has 1 amide bonds. The lowest BCUT2D eigenvalue weighted by molar-refractivity contribution is -0.122. The Balaban J connectivity index is 1.91. The minimum absolute atomic E-state index is 0.119. The highest BCUT2D eigenvalue weighted by Gasteiger charge is 2.32. The first-order chi connectivity index (χ1) is 14.6. The van der Waals surface area contributed by atoms with E-state index in [4.69, 9.17) is 4.74 Å². The summed E-state index contributed by atoms with van der Waals surface area (Å²) in [7, 11) is -2.23. The highest BCUT2D eigenvalue weighted by atomic mass is 32.2. The summed E-state index contributed by atoms with van der Waals surface area (Å²) >= 11 is 0. The molecule has 0 saturated heterocycles. The number of nitrogens with one attached hydrogen (secondary N) is 1. The number of hydrazone groups is 1. The van der Waals surface area contributed by atoms with E-state index in [0.29, 0.717) is 11.3 Å². The summed E-state index contributed by atoms with van der Waals surface area (Å²) in [4.78, 5) is 12.5. The molecule has 8 nitrogen and oxygen atoms in total. The van der Waals surface area contributed by atoms with Crippen LogP contribution in [0, 0.1) is 0 Å². The Kier molecular flexibility index (Phi) is 6.45. The number of fused-ring (bicyclic) bond motifs is 1. The van der Waals surface area contributed by atoms with Gasteiger partial charge in [0.15, 0.2) is 5.84 Å². The molecule has 0 spiro atoms. The van der Waals surface area contributed by atoms with Crippen LogP contribution in [0.5, 0.6) is 5.75 Å². The van der Waals surface area contributed by atoms with Gasteiger partial charge in [-0.05, 0) is 50.6 Å². The lowest BCUT2D eigenvalue weighted by Gasteiger charge is -2.22. The highest BCUT2D eigenvalue weighted by molar-refractivity contribution is 7.90. The molecule has 0 aromatic heterocycles. The van der Waals surface area contributed by atoms with Crippen molar-refractivity contribution in [3.05, 3.63) is 59.7 Å². The molecule has 0 atom stereocenters. The van der Waals surface area contributed by atoms with Crippen LogP contribution in [0.15, 0.2) is 62.9 Å². The zero-order chi connectivity index (χ0) is 22.6. The maximum Gasteiger partial charge on any atom is 0.285 e. The minimum Gasteiger partial charge on any atom is -0.497 e. The Morgan fingerprint density at radius 1 is 1.19 bits per heavy atom. The quantitative estimate of drug-likeness (QED) is 0.548. The van der Waals surface area contributed by atoms with Crippen LogP contribution in [0.4, 0.5) is 0 Å². The number of hydrogen-bond donors (Lipinski definition) is 1. The molecule has 9 heteroatoms. The molecule has 0 saturated carbocycles. The van der Waals surface area contributed by atoms with Gasteiger partial charge >= 0.3 is 0 Å². The number of methoxy groups -OCH3 is 1. The topological polar surface area (TPSA) is 100 Å². The summed E-state index contributed by atoms with van der Waals surface area (Å²) < 4.78 is 34.1. The Morgan fingerprint density at radius 3 is 2.65 bits per heavy atom. The van der Waals surface area contributed by atoms with E-state index in [1.54, 1.807) is 37.6 Å². The molecule has 0 aliphatic carbocycles. The van der Waals surface area contributed by atoms with Crippen molar-refractivity contribution in [3.63, 3.8) is 0 Å². The average Bonchev–Trinajstić information content (AvgIpc) is 2.98. The average molecular weight is 443 g/mol. The number of nitrogens with zero attached hydrogens (tertiary/aromatic N) is 3. The van der Waals surface area contributed by atoms with Crippen LogP contribution >= 0.6 is 0 Å². The summed E-state index contributed by atoms with van der Waals surface area (Å²) in [5, 5.41) is 8.81. The molecule has 0 unspecified atom stereocenters. The van der Waals surface area contributed by atoms with E-state index in [0.717, 1.165) is 5.56 Å². The molecule has 0 radical (unpaired) electrons. The number of carbonyl (C=O) groups excluding carboxylic acids is 1. The van der Waals surface area contributed by atoms with E-state index in [2.05, 4.69) is 14.8 Å². The Labute approximate surface area is 182 Å². The van der Waals surface area contributed by atoms with Gasteiger partial charge in [-0.25, -0.2) is 5.01 Å². The van der Waals surface area contributed by atoms with Crippen molar-refractivity contribution in [3.8, 4) is 5.75 Å². The number of sulfonamides is 1. The third kappa shape index (κ3) is 5.69.